The van der Waals surface area contributed by atoms with Crippen molar-refractivity contribution in [1.82, 2.24) is 15.4 Å². The Morgan fingerprint density at radius 2 is 1.60 bits per heavy atom. The second-order valence-electron chi connectivity index (χ2n) is 5.79. The van der Waals surface area contributed by atoms with Crippen LogP contribution in [0.2, 0.25) is 0 Å². The van der Waals surface area contributed by atoms with E-state index in [1.807, 2.05) is 54.0 Å². The van der Waals surface area contributed by atoms with E-state index in [-0.39, 0.29) is 11.8 Å². The number of carbonyl (C=O) groups is 2. The summed E-state index contributed by atoms with van der Waals surface area (Å²) in [5.74, 6) is -0.674. The lowest BCUT2D eigenvalue weighted by molar-refractivity contribution is 0.0842. The minimum absolute atomic E-state index is 0.337. The monoisotopic (exact) mass is 335 g/mol. The summed E-state index contributed by atoms with van der Waals surface area (Å²) in [6, 6.07) is 17.0. The van der Waals surface area contributed by atoms with Crippen LogP contribution in [0.25, 0.3) is 10.9 Å². The molecule has 0 aliphatic rings. The SMILES string of the molecule is CCc1ccc(C(=O)NNC(=O)c2cc3ccccc3n2CC)cc1. The largest absolute Gasteiger partial charge is 0.337 e. The highest BCUT2D eigenvalue weighted by atomic mass is 16.2. The van der Waals surface area contributed by atoms with Crippen molar-refractivity contribution in [3.8, 4) is 0 Å². The van der Waals surface area contributed by atoms with Crippen molar-refractivity contribution in [3.05, 3.63) is 71.4 Å². The van der Waals surface area contributed by atoms with Gasteiger partial charge in [-0.1, -0.05) is 37.3 Å². The Morgan fingerprint density at radius 1 is 0.920 bits per heavy atom. The topological polar surface area (TPSA) is 63.1 Å². The summed E-state index contributed by atoms with van der Waals surface area (Å²) in [4.78, 5) is 24.7. The number of benzene rings is 2. The van der Waals surface area contributed by atoms with Gasteiger partial charge in [0.05, 0.1) is 0 Å². The number of carbonyl (C=O) groups excluding carboxylic acids is 2. The molecule has 0 aliphatic heterocycles. The summed E-state index contributed by atoms with van der Waals surface area (Å²) in [5, 5.41) is 0.996. The average molecular weight is 335 g/mol. The Labute approximate surface area is 146 Å². The lowest BCUT2D eigenvalue weighted by atomic mass is 10.1. The third-order valence-electron chi connectivity index (χ3n) is 4.27. The summed E-state index contributed by atoms with van der Waals surface area (Å²) in [5.41, 5.74) is 8.16. The Kier molecular flexibility index (Phi) is 4.84. The first-order chi connectivity index (χ1) is 12.1. The van der Waals surface area contributed by atoms with Gasteiger partial charge in [0.1, 0.15) is 5.69 Å². The van der Waals surface area contributed by atoms with Gasteiger partial charge in [-0.15, -0.1) is 0 Å². The molecule has 0 fully saturated rings. The molecule has 0 saturated carbocycles. The first-order valence-electron chi connectivity index (χ1n) is 8.42. The number of hydrogen-bond donors (Lipinski definition) is 2. The summed E-state index contributed by atoms with van der Waals surface area (Å²) in [7, 11) is 0. The summed E-state index contributed by atoms with van der Waals surface area (Å²) >= 11 is 0. The predicted molar refractivity (Wildman–Crippen MR) is 98.4 cm³/mol. The van der Waals surface area contributed by atoms with E-state index >= 15 is 0 Å². The number of nitrogens with zero attached hydrogens (tertiary/aromatic N) is 1. The fourth-order valence-corrected chi connectivity index (χ4v) is 2.88. The second kappa shape index (κ2) is 7.21. The van der Waals surface area contributed by atoms with Crippen molar-refractivity contribution in [2.45, 2.75) is 26.8 Å². The molecular formula is C20H21N3O2. The van der Waals surface area contributed by atoms with Crippen molar-refractivity contribution in [1.29, 1.82) is 0 Å². The Bertz CT molecular complexity index is 910. The maximum Gasteiger partial charge on any atom is 0.286 e. The standard InChI is InChI=1S/C20H21N3O2/c1-3-14-9-11-15(12-10-14)19(24)21-22-20(25)18-13-16-7-5-6-8-17(16)23(18)4-2/h5-13H,3-4H2,1-2H3,(H,21,24)(H,22,25). The van der Waals surface area contributed by atoms with E-state index < -0.39 is 0 Å². The van der Waals surface area contributed by atoms with Gasteiger partial charge >= 0.3 is 0 Å². The zero-order valence-corrected chi connectivity index (χ0v) is 14.4. The molecule has 0 saturated heterocycles. The molecule has 1 heterocycles. The third kappa shape index (κ3) is 3.40. The van der Waals surface area contributed by atoms with E-state index in [4.69, 9.17) is 0 Å². The van der Waals surface area contributed by atoms with Gasteiger partial charge in [-0.3, -0.25) is 20.4 Å². The van der Waals surface area contributed by atoms with Crippen LogP contribution < -0.4 is 10.9 Å². The number of para-hydroxylation sites is 1. The van der Waals surface area contributed by atoms with E-state index in [0.717, 1.165) is 22.9 Å². The maximum absolute atomic E-state index is 12.5. The molecule has 2 amide bonds. The number of amides is 2. The van der Waals surface area contributed by atoms with Crippen molar-refractivity contribution < 1.29 is 9.59 Å². The number of nitrogens with one attached hydrogen (secondary N) is 2. The average Bonchev–Trinajstić information content (AvgIpc) is 3.04. The molecule has 1 aromatic heterocycles. The van der Waals surface area contributed by atoms with Crippen LogP contribution in [0.5, 0.6) is 0 Å². The van der Waals surface area contributed by atoms with Gasteiger partial charge in [-0.2, -0.15) is 0 Å². The lowest BCUT2D eigenvalue weighted by Crippen LogP contribution is -2.42. The normalized spacial score (nSPS) is 10.6. The molecule has 5 nitrogen and oxygen atoms in total. The first-order valence-corrected chi connectivity index (χ1v) is 8.42. The van der Waals surface area contributed by atoms with Gasteiger partial charge in [-0.25, -0.2) is 0 Å². The summed E-state index contributed by atoms with van der Waals surface area (Å²) in [6.07, 6.45) is 0.917. The first kappa shape index (κ1) is 16.8. The van der Waals surface area contributed by atoms with Crippen LogP contribution >= 0.6 is 0 Å². The highest BCUT2D eigenvalue weighted by molar-refractivity contribution is 6.01. The second-order valence-corrected chi connectivity index (χ2v) is 5.79. The molecule has 0 atom stereocenters. The van der Waals surface area contributed by atoms with Gasteiger partial charge in [0, 0.05) is 23.0 Å². The smallest absolute Gasteiger partial charge is 0.286 e. The molecule has 2 aromatic carbocycles. The molecule has 0 unspecified atom stereocenters. The summed E-state index contributed by atoms with van der Waals surface area (Å²) in [6.45, 7) is 4.71. The molecule has 0 spiro atoms. The molecular weight excluding hydrogens is 314 g/mol. The van der Waals surface area contributed by atoms with Crippen LogP contribution in [0.4, 0.5) is 0 Å². The molecule has 0 radical (unpaired) electrons. The molecule has 2 N–H and O–H groups in total. The third-order valence-corrected chi connectivity index (χ3v) is 4.27. The predicted octanol–water partition coefficient (Wildman–Crippen LogP) is 3.30. The van der Waals surface area contributed by atoms with E-state index in [0.29, 0.717) is 17.8 Å². The van der Waals surface area contributed by atoms with Crippen LogP contribution in [0.3, 0.4) is 0 Å². The lowest BCUT2D eigenvalue weighted by Gasteiger charge is -2.10. The van der Waals surface area contributed by atoms with Crippen LogP contribution in [-0.2, 0) is 13.0 Å². The van der Waals surface area contributed by atoms with E-state index in [1.165, 1.54) is 0 Å². The number of rotatable bonds is 4. The van der Waals surface area contributed by atoms with Crippen molar-refractivity contribution in [2.75, 3.05) is 0 Å². The van der Waals surface area contributed by atoms with Gasteiger partial charge < -0.3 is 4.57 Å². The molecule has 0 bridgehead atoms. The summed E-state index contributed by atoms with van der Waals surface area (Å²) < 4.78 is 1.92. The van der Waals surface area contributed by atoms with Crippen LogP contribution in [0, 0.1) is 0 Å². The number of hydrazine groups is 1. The van der Waals surface area contributed by atoms with Gasteiger partial charge in [0.15, 0.2) is 0 Å². The maximum atomic E-state index is 12.5. The number of aromatic nitrogens is 1. The van der Waals surface area contributed by atoms with E-state index in [9.17, 15) is 9.59 Å². The van der Waals surface area contributed by atoms with Crippen LogP contribution in [0.15, 0.2) is 54.6 Å². The molecule has 3 aromatic rings. The highest BCUT2D eigenvalue weighted by Gasteiger charge is 2.15. The van der Waals surface area contributed by atoms with Gasteiger partial charge in [-0.05, 0) is 43.2 Å². The Hall–Kier alpha value is -3.08. The van der Waals surface area contributed by atoms with Crippen LogP contribution in [-0.4, -0.2) is 16.4 Å². The molecule has 0 aliphatic carbocycles. The molecule has 128 valence electrons. The van der Waals surface area contributed by atoms with Gasteiger partial charge in [0.2, 0.25) is 0 Å². The van der Waals surface area contributed by atoms with Crippen molar-refractivity contribution >= 4 is 22.7 Å². The minimum Gasteiger partial charge on any atom is -0.337 e. The van der Waals surface area contributed by atoms with E-state index in [2.05, 4.69) is 17.8 Å². The molecule has 5 heteroatoms. The van der Waals surface area contributed by atoms with E-state index in [1.54, 1.807) is 12.1 Å². The van der Waals surface area contributed by atoms with Crippen LogP contribution in [0.1, 0.15) is 40.3 Å². The Morgan fingerprint density at radius 3 is 2.28 bits per heavy atom. The Balaban J connectivity index is 1.73. The quantitative estimate of drug-likeness (QED) is 0.719. The highest BCUT2D eigenvalue weighted by Crippen LogP contribution is 2.19. The van der Waals surface area contributed by atoms with Crippen molar-refractivity contribution in [3.63, 3.8) is 0 Å². The molecule has 25 heavy (non-hydrogen) atoms. The van der Waals surface area contributed by atoms with Crippen molar-refractivity contribution in [2.24, 2.45) is 0 Å². The minimum atomic E-state index is -0.338. The zero-order chi connectivity index (χ0) is 17.8. The number of fused-ring (bicyclic) bond motifs is 1. The number of hydrogen-bond acceptors (Lipinski definition) is 2. The number of aryl methyl sites for hydroxylation is 2. The zero-order valence-electron chi connectivity index (χ0n) is 14.4. The fraction of sp³-hybridized carbons (Fsp3) is 0.200. The fourth-order valence-electron chi connectivity index (χ4n) is 2.88. The van der Waals surface area contributed by atoms with Gasteiger partial charge in [0.25, 0.3) is 11.8 Å². The molecule has 3 rings (SSSR count).